The van der Waals surface area contributed by atoms with Gasteiger partial charge in [0.1, 0.15) is 0 Å². The molecule has 1 spiro atoms. The van der Waals surface area contributed by atoms with E-state index in [1.807, 2.05) is 11.3 Å². The van der Waals surface area contributed by atoms with Crippen molar-refractivity contribution in [2.75, 3.05) is 0 Å². The van der Waals surface area contributed by atoms with Crippen molar-refractivity contribution in [3.63, 3.8) is 0 Å². The van der Waals surface area contributed by atoms with E-state index in [1.165, 1.54) is 17.7 Å². The van der Waals surface area contributed by atoms with Gasteiger partial charge in [0.25, 0.3) is 0 Å². The van der Waals surface area contributed by atoms with Crippen LogP contribution in [0, 0.1) is 29.1 Å². The molecule has 4 saturated carbocycles. The minimum absolute atomic E-state index is 0.846. The summed E-state index contributed by atoms with van der Waals surface area (Å²) in [6.45, 7) is 1.11. The van der Waals surface area contributed by atoms with Crippen LogP contribution in [0.4, 0.5) is 0 Å². The van der Waals surface area contributed by atoms with Gasteiger partial charge in [-0.1, -0.05) is 12.5 Å². The summed E-state index contributed by atoms with van der Waals surface area (Å²) in [5, 5.41) is 6.06. The third kappa shape index (κ3) is 1.13. The molecule has 4 aliphatic rings. The quantitative estimate of drug-likeness (QED) is 0.873. The first kappa shape index (κ1) is 10.4. The second-order valence-electron chi connectivity index (χ2n) is 7.04. The fourth-order valence-corrected chi connectivity index (χ4v) is 6.92. The summed E-state index contributed by atoms with van der Waals surface area (Å²) in [6, 6.07) is 5.28. The van der Waals surface area contributed by atoms with Crippen molar-refractivity contribution < 1.29 is 0 Å². The van der Waals surface area contributed by atoms with Gasteiger partial charge in [-0.25, -0.2) is 0 Å². The number of hydrogen-bond donors (Lipinski definition) is 1. The Bertz CT molecular complexity index is 463. The molecule has 1 nitrogen and oxygen atoms in total. The molecule has 1 aromatic heterocycles. The number of fused-ring (bicyclic) bond motifs is 4. The highest BCUT2D eigenvalue weighted by Gasteiger charge is 2.78. The van der Waals surface area contributed by atoms with Gasteiger partial charge >= 0.3 is 0 Å². The van der Waals surface area contributed by atoms with Crippen LogP contribution >= 0.6 is 11.3 Å². The van der Waals surface area contributed by atoms with Crippen LogP contribution < -0.4 is 5.32 Å². The van der Waals surface area contributed by atoms with Crippen molar-refractivity contribution in [1.82, 2.24) is 5.32 Å². The molecule has 4 fully saturated rings. The van der Waals surface area contributed by atoms with Crippen molar-refractivity contribution in [3.05, 3.63) is 22.4 Å². The lowest BCUT2D eigenvalue weighted by atomic mass is 9.83. The molecule has 2 bridgehead atoms. The Morgan fingerprint density at radius 1 is 1.39 bits per heavy atom. The van der Waals surface area contributed by atoms with Crippen molar-refractivity contribution in [2.45, 2.75) is 44.7 Å². The molecule has 18 heavy (non-hydrogen) atoms. The Kier molecular flexibility index (Phi) is 1.97. The normalized spacial score (nSPS) is 51.4. The maximum Gasteiger partial charge on any atom is 0.0302 e. The Labute approximate surface area is 113 Å². The van der Waals surface area contributed by atoms with Crippen molar-refractivity contribution in [3.8, 4) is 0 Å². The van der Waals surface area contributed by atoms with Gasteiger partial charge in [-0.2, -0.15) is 0 Å². The predicted molar refractivity (Wildman–Crippen MR) is 74.4 cm³/mol. The van der Waals surface area contributed by atoms with Gasteiger partial charge in [0.2, 0.25) is 0 Å². The van der Waals surface area contributed by atoms with Crippen LogP contribution in [-0.2, 0) is 6.54 Å². The first-order valence-corrected chi connectivity index (χ1v) is 8.53. The molecule has 0 radical (unpaired) electrons. The molecule has 6 atom stereocenters. The molecule has 5 rings (SSSR count). The smallest absolute Gasteiger partial charge is 0.0302 e. The Morgan fingerprint density at radius 2 is 2.39 bits per heavy atom. The van der Waals surface area contributed by atoms with Gasteiger partial charge in [-0.15, -0.1) is 11.3 Å². The highest BCUT2D eigenvalue weighted by atomic mass is 32.1. The molecule has 0 saturated heterocycles. The summed E-state index contributed by atoms with van der Waals surface area (Å²) in [5.41, 5.74) is 0.895. The van der Waals surface area contributed by atoms with E-state index in [0.29, 0.717) is 0 Å². The van der Waals surface area contributed by atoms with E-state index in [2.05, 4.69) is 22.8 Å². The minimum Gasteiger partial charge on any atom is -0.309 e. The minimum atomic E-state index is 0.846. The predicted octanol–water partition coefficient (Wildman–Crippen LogP) is 3.66. The van der Waals surface area contributed by atoms with Crippen molar-refractivity contribution in [2.24, 2.45) is 29.1 Å². The van der Waals surface area contributed by atoms with E-state index in [9.17, 15) is 0 Å². The summed E-state index contributed by atoms with van der Waals surface area (Å²) < 4.78 is 0. The number of hydrogen-bond acceptors (Lipinski definition) is 2. The summed E-state index contributed by atoms with van der Waals surface area (Å²) in [7, 11) is 0. The lowest BCUT2D eigenvalue weighted by Gasteiger charge is -2.27. The van der Waals surface area contributed by atoms with Crippen LogP contribution in [0.15, 0.2) is 17.5 Å². The summed E-state index contributed by atoms with van der Waals surface area (Å²) in [4.78, 5) is 1.50. The van der Waals surface area contributed by atoms with E-state index >= 15 is 0 Å². The highest BCUT2D eigenvalue weighted by Crippen LogP contribution is 2.83. The lowest BCUT2D eigenvalue weighted by Crippen LogP contribution is -2.36. The van der Waals surface area contributed by atoms with Crippen LogP contribution in [0.2, 0.25) is 0 Å². The van der Waals surface area contributed by atoms with Crippen molar-refractivity contribution in [1.29, 1.82) is 0 Å². The Morgan fingerprint density at radius 3 is 3.28 bits per heavy atom. The maximum atomic E-state index is 3.87. The lowest BCUT2D eigenvalue weighted by molar-refractivity contribution is 0.251. The highest BCUT2D eigenvalue weighted by molar-refractivity contribution is 7.09. The van der Waals surface area contributed by atoms with Gasteiger partial charge in [0, 0.05) is 17.5 Å². The second-order valence-corrected chi connectivity index (χ2v) is 8.07. The molecule has 0 aromatic carbocycles. The van der Waals surface area contributed by atoms with Crippen LogP contribution in [0.25, 0.3) is 0 Å². The molecule has 4 aliphatic carbocycles. The van der Waals surface area contributed by atoms with Gasteiger partial charge in [-0.3, -0.25) is 0 Å². The first-order valence-electron chi connectivity index (χ1n) is 7.65. The summed E-state index contributed by atoms with van der Waals surface area (Å²) in [5.74, 6) is 4.45. The molecular weight excluding hydrogens is 238 g/mol. The van der Waals surface area contributed by atoms with Gasteiger partial charge in [-0.05, 0) is 66.2 Å². The third-order valence-electron chi connectivity index (χ3n) is 6.71. The molecule has 2 heteroatoms. The zero-order chi connectivity index (χ0) is 11.7. The fraction of sp³-hybridized carbons (Fsp3) is 0.750. The van der Waals surface area contributed by atoms with Gasteiger partial charge < -0.3 is 5.32 Å². The van der Waals surface area contributed by atoms with E-state index in [4.69, 9.17) is 0 Å². The molecular formula is C16H21NS. The Hall–Kier alpha value is -0.340. The SMILES string of the molecule is c1csc(CN[C@@H]2C[C@@H]3C[C@H]2[C@@H]2C4CCC[C@]432)c1. The molecule has 0 aliphatic heterocycles. The number of rotatable bonds is 3. The van der Waals surface area contributed by atoms with E-state index in [1.54, 1.807) is 19.3 Å². The molecule has 0 amide bonds. The summed E-state index contributed by atoms with van der Waals surface area (Å²) >= 11 is 1.89. The largest absolute Gasteiger partial charge is 0.309 e. The van der Waals surface area contributed by atoms with Crippen LogP contribution in [0.5, 0.6) is 0 Å². The maximum absolute atomic E-state index is 3.87. The third-order valence-corrected chi connectivity index (χ3v) is 7.59. The van der Waals surface area contributed by atoms with Gasteiger partial charge in [0.15, 0.2) is 0 Å². The van der Waals surface area contributed by atoms with E-state index in [-0.39, 0.29) is 0 Å². The average Bonchev–Trinajstić information content (AvgIpc) is 2.98. The average molecular weight is 259 g/mol. The van der Waals surface area contributed by atoms with Crippen LogP contribution in [-0.4, -0.2) is 6.04 Å². The zero-order valence-corrected chi connectivity index (χ0v) is 11.6. The molecule has 1 heterocycles. The number of nitrogens with one attached hydrogen (secondary N) is 1. The molecule has 1 unspecified atom stereocenters. The van der Waals surface area contributed by atoms with E-state index in [0.717, 1.165) is 41.7 Å². The van der Waals surface area contributed by atoms with Gasteiger partial charge in [0.05, 0.1) is 0 Å². The standard InChI is InChI=1S/C16H21NS/c1-4-13-15-12-7-10(16(13,15)5-1)8-14(12)17-9-11-3-2-6-18-11/h2-3,6,10,12-15,17H,1,4-5,7-9H2/t10-,12+,13?,14+,15+,16+/m0/s1. The second kappa shape index (κ2) is 3.40. The molecule has 96 valence electrons. The molecule has 1 N–H and O–H groups in total. The topological polar surface area (TPSA) is 12.0 Å². The van der Waals surface area contributed by atoms with Crippen LogP contribution in [0.1, 0.15) is 37.0 Å². The fourth-order valence-electron chi connectivity index (χ4n) is 6.26. The first-order chi connectivity index (χ1) is 8.89. The van der Waals surface area contributed by atoms with Crippen molar-refractivity contribution >= 4 is 11.3 Å². The monoisotopic (exact) mass is 259 g/mol. The number of thiophene rings is 1. The van der Waals surface area contributed by atoms with E-state index < -0.39 is 0 Å². The Balaban J connectivity index is 1.30. The van der Waals surface area contributed by atoms with Crippen LogP contribution in [0.3, 0.4) is 0 Å². The molecule has 1 aromatic rings. The zero-order valence-electron chi connectivity index (χ0n) is 10.8. The summed E-state index contributed by atoms with van der Waals surface area (Å²) in [6.07, 6.45) is 7.74.